The zero-order valence-electron chi connectivity index (χ0n) is 15.7. The first-order valence-electron chi connectivity index (χ1n) is 8.76. The predicted octanol–water partition coefficient (Wildman–Crippen LogP) is 4.01. The van der Waals surface area contributed by atoms with Crippen LogP contribution in [0.4, 0.5) is 0 Å². The molecule has 0 aromatic heterocycles. The molecule has 2 rings (SSSR count). The fourth-order valence-corrected chi connectivity index (χ4v) is 2.81. The third kappa shape index (κ3) is 7.46. The maximum absolute atomic E-state index is 10.1. The lowest BCUT2D eigenvalue weighted by atomic mass is 10.1. The SMILES string of the molecule is CCNC(=NCCc1ccccc1Cl)NCCc1cccc(OC)c1O.I. The lowest BCUT2D eigenvalue weighted by Gasteiger charge is -2.13. The number of methoxy groups -OCH3 is 1. The Labute approximate surface area is 183 Å². The van der Waals surface area contributed by atoms with Crippen LogP contribution in [0.1, 0.15) is 18.1 Å². The van der Waals surface area contributed by atoms with Crippen LogP contribution in [0.25, 0.3) is 0 Å². The van der Waals surface area contributed by atoms with Gasteiger partial charge < -0.3 is 20.5 Å². The van der Waals surface area contributed by atoms with Gasteiger partial charge in [-0.05, 0) is 43.0 Å². The van der Waals surface area contributed by atoms with Crippen LogP contribution in [0.5, 0.6) is 11.5 Å². The average Bonchev–Trinajstić information content (AvgIpc) is 2.64. The second-order valence-corrected chi connectivity index (χ2v) is 6.15. The smallest absolute Gasteiger partial charge is 0.191 e. The van der Waals surface area contributed by atoms with Crippen LogP contribution in [0.3, 0.4) is 0 Å². The zero-order chi connectivity index (χ0) is 18.8. The van der Waals surface area contributed by atoms with Crippen molar-refractivity contribution in [1.82, 2.24) is 10.6 Å². The maximum Gasteiger partial charge on any atom is 0.191 e. The number of ether oxygens (including phenoxy) is 1. The molecule has 0 saturated heterocycles. The highest BCUT2D eigenvalue weighted by Gasteiger charge is 2.07. The summed E-state index contributed by atoms with van der Waals surface area (Å²) in [4.78, 5) is 4.59. The second kappa shape index (κ2) is 12.7. The molecule has 2 aromatic rings. The van der Waals surface area contributed by atoms with E-state index < -0.39 is 0 Å². The molecule has 0 atom stereocenters. The highest BCUT2D eigenvalue weighted by Crippen LogP contribution is 2.29. The van der Waals surface area contributed by atoms with E-state index in [0.717, 1.165) is 35.1 Å². The Kier molecular flexibility index (Phi) is 11.0. The molecule has 0 aliphatic heterocycles. The summed E-state index contributed by atoms with van der Waals surface area (Å²) < 4.78 is 5.14. The molecule has 0 saturated carbocycles. The largest absolute Gasteiger partial charge is 0.504 e. The van der Waals surface area contributed by atoms with Gasteiger partial charge in [-0.3, -0.25) is 4.99 Å². The number of rotatable bonds is 8. The first-order chi connectivity index (χ1) is 12.7. The number of para-hydroxylation sites is 1. The molecule has 0 bridgehead atoms. The minimum absolute atomic E-state index is 0. The number of benzene rings is 2. The van der Waals surface area contributed by atoms with Crippen molar-refractivity contribution in [3.63, 3.8) is 0 Å². The Morgan fingerprint density at radius 3 is 2.52 bits per heavy atom. The summed E-state index contributed by atoms with van der Waals surface area (Å²) in [6.45, 7) is 4.10. The van der Waals surface area contributed by atoms with Crippen LogP contribution < -0.4 is 15.4 Å². The summed E-state index contributed by atoms with van der Waals surface area (Å²) in [6, 6.07) is 13.3. The quantitative estimate of drug-likeness (QED) is 0.289. The van der Waals surface area contributed by atoms with Crippen molar-refractivity contribution < 1.29 is 9.84 Å². The summed E-state index contributed by atoms with van der Waals surface area (Å²) >= 11 is 6.18. The molecule has 0 radical (unpaired) electrons. The van der Waals surface area contributed by atoms with Crippen LogP contribution in [0.15, 0.2) is 47.5 Å². The number of guanidine groups is 1. The first-order valence-corrected chi connectivity index (χ1v) is 9.14. The Morgan fingerprint density at radius 2 is 1.81 bits per heavy atom. The highest BCUT2D eigenvalue weighted by molar-refractivity contribution is 14.0. The van der Waals surface area contributed by atoms with E-state index in [1.807, 2.05) is 43.3 Å². The minimum atomic E-state index is 0. The Hall–Kier alpha value is -1.67. The van der Waals surface area contributed by atoms with Gasteiger partial charge in [0.25, 0.3) is 0 Å². The van der Waals surface area contributed by atoms with Crippen molar-refractivity contribution in [2.45, 2.75) is 19.8 Å². The van der Waals surface area contributed by atoms with E-state index in [1.54, 1.807) is 13.2 Å². The number of hydrogen-bond donors (Lipinski definition) is 3. The molecule has 0 unspecified atom stereocenters. The summed E-state index contributed by atoms with van der Waals surface area (Å²) in [5.41, 5.74) is 1.93. The van der Waals surface area contributed by atoms with Gasteiger partial charge in [0.05, 0.1) is 7.11 Å². The summed E-state index contributed by atoms with van der Waals surface area (Å²) in [5, 5.41) is 17.4. The molecule has 2 aromatic carbocycles. The number of nitrogens with zero attached hydrogens (tertiary/aromatic N) is 1. The third-order valence-electron chi connectivity index (χ3n) is 3.94. The lowest BCUT2D eigenvalue weighted by Crippen LogP contribution is -2.38. The number of nitrogens with one attached hydrogen (secondary N) is 2. The molecule has 0 aliphatic rings. The van der Waals surface area contributed by atoms with E-state index in [4.69, 9.17) is 16.3 Å². The topological polar surface area (TPSA) is 65.9 Å². The average molecular weight is 504 g/mol. The molecule has 0 spiro atoms. The fourth-order valence-electron chi connectivity index (χ4n) is 2.58. The number of halogens is 2. The molecule has 3 N–H and O–H groups in total. The van der Waals surface area contributed by atoms with E-state index in [-0.39, 0.29) is 29.7 Å². The van der Waals surface area contributed by atoms with Gasteiger partial charge >= 0.3 is 0 Å². The van der Waals surface area contributed by atoms with Gasteiger partial charge in [0.15, 0.2) is 17.5 Å². The molecular weight excluding hydrogens is 477 g/mol. The number of aromatic hydroxyl groups is 1. The van der Waals surface area contributed by atoms with Gasteiger partial charge in [-0.25, -0.2) is 0 Å². The van der Waals surface area contributed by atoms with E-state index in [2.05, 4.69) is 15.6 Å². The summed E-state index contributed by atoms with van der Waals surface area (Å²) in [6.07, 6.45) is 1.45. The Bertz CT molecular complexity index is 741. The van der Waals surface area contributed by atoms with Gasteiger partial charge in [-0.15, -0.1) is 24.0 Å². The molecule has 0 heterocycles. The number of hydrogen-bond acceptors (Lipinski definition) is 3. The van der Waals surface area contributed by atoms with Crippen molar-refractivity contribution in [3.8, 4) is 11.5 Å². The van der Waals surface area contributed by atoms with Crippen LogP contribution in [-0.4, -0.2) is 37.8 Å². The zero-order valence-corrected chi connectivity index (χ0v) is 18.8. The van der Waals surface area contributed by atoms with Gasteiger partial charge in [-0.1, -0.05) is 41.9 Å². The number of aliphatic imine (C=N–C) groups is 1. The molecule has 5 nitrogen and oxygen atoms in total. The van der Waals surface area contributed by atoms with E-state index in [0.29, 0.717) is 25.3 Å². The minimum Gasteiger partial charge on any atom is -0.504 e. The predicted molar refractivity (Wildman–Crippen MR) is 123 cm³/mol. The van der Waals surface area contributed by atoms with Crippen LogP contribution >= 0.6 is 35.6 Å². The monoisotopic (exact) mass is 503 g/mol. The van der Waals surface area contributed by atoms with E-state index in [1.165, 1.54) is 0 Å². The van der Waals surface area contributed by atoms with Crippen LogP contribution in [0, 0.1) is 0 Å². The van der Waals surface area contributed by atoms with Crippen molar-refractivity contribution >= 4 is 41.5 Å². The van der Waals surface area contributed by atoms with Gasteiger partial charge in [-0.2, -0.15) is 0 Å². The van der Waals surface area contributed by atoms with Crippen LogP contribution in [-0.2, 0) is 12.8 Å². The van der Waals surface area contributed by atoms with E-state index in [9.17, 15) is 5.11 Å². The molecule has 148 valence electrons. The molecule has 0 aliphatic carbocycles. The lowest BCUT2D eigenvalue weighted by molar-refractivity contribution is 0.370. The molecule has 7 heteroatoms. The Balaban J connectivity index is 0.00000364. The van der Waals surface area contributed by atoms with E-state index >= 15 is 0 Å². The van der Waals surface area contributed by atoms with Crippen molar-refractivity contribution in [2.75, 3.05) is 26.7 Å². The van der Waals surface area contributed by atoms with Gasteiger partial charge in [0, 0.05) is 24.7 Å². The first kappa shape index (κ1) is 23.4. The normalized spacial score (nSPS) is 10.9. The van der Waals surface area contributed by atoms with Crippen molar-refractivity contribution in [3.05, 3.63) is 58.6 Å². The molecule has 0 fully saturated rings. The summed E-state index contributed by atoms with van der Waals surface area (Å²) in [5.74, 6) is 1.43. The number of phenols is 1. The molecule has 0 amide bonds. The Morgan fingerprint density at radius 1 is 1.07 bits per heavy atom. The van der Waals surface area contributed by atoms with Crippen molar-refractivity contribution in [2.24, 2.45) is 4.99 Å². The number of phenolic OH excluding ortho intramolecular Hbond substituents is 1. The van der Waals surface area contributed by atoms with Gasteiger partial charge in [0.1, 0.15) is 0 Å². The molecule has 27 heavy (non-hydrogen) atoms. The highest BCUT2D eigenvalue weighted by atomic mass is 127. The standard InChI is InChI=1S/C20H26ClN3O2.HI/c1-3-22-20(23-13-11-15-7-4-5-9-17(15)21)24-14-12-16-8-6-10-18(26-2)19(16)25;/h4-10,25H,3,11-14H2,1-2H3,(H2,22,23,24);1H. The maximum atomic E-state index is 10.1. The van der Waals surface area contributed by atoms with Crippen LogP contribution in [0.2, 0.25) is 5.02 Å². The second-order valence-electron chi connectivity index (χ2n) is 5.75. The molecular formula is C20H27ClIN3O2. The fraction of sp³-hybridized carbons (Fsp3) is 0.350. The van der Waals surface area contributed by atoms with Crippen molar-refractivity contribution in [1.29, 1.82) is 0 Å². The summed E-state index contributed by atoms with van der Waals surface area (Å²) in [7, 11) is 1.55. The third-order valence-corrected chi connectivity index (χ3v) is 4.31. The van der Waals surface area contributed by atoms with Gasteiger partial charge in [0.2, 0.25) is 0 Å².